The second kappa shape index (κ2) is 4.82. The molecular weight excluding hydrogens is 283 g/mol. The summed E-state index contributed by atoms with van der Waals surface area (Å²) < 4.78 is 38.3. The first-order chi connectivity index (χ1) is 9.25. The molecule has 5 nitrogen and oxygen atoms in total. The number of nitrogens with one attached hydrogen (secondary N) is 1. The molecule has 0 aliphatic carbocycles. The number of benzene rings is 1. The molecule has 0 aromatic heterocycles. The second-order valence-corrected chi connectivity index (χ2v) is 6.61. The van der Waals surface area contributed by atoms with Gasteiger partial charge in [0.05, 0.1) is 4.90 Å². The van der Waals surface area contributed by atoms with Crippen molar-refractivity contribution in [2.45, 2.75) is 17.1 Å². The molecule has 0 saturated carbocycles. The number of sulfone groups is 1. The zero-order valence-electron chi connectivity index (χ0n) is 10.9. The standard InChI is InChI=1S/C13H13FN2O3S/c1-8-3-5-9(6-4-8)20(18,19)11-7-10(14)12(15)16(2)13(11)17/h3-7,11,15H,1-2H3. The maximum atomic E-state index is 13.5. The van der Waals surface area contributed by atoms with E-state index in [4.69, 9.17) is 5.41 Å². The van der Waals surface area contributed by atoms with E-state index in [1.54, 1.807) is 19.1 Å². The first-order valence-corrected chi connectivity index (χ1v) is 7.34. The monoisotopic (exact) mass is 296 g/mol. The average Bonchev–Trinajstić information content (AvgIpc) is 2.41. The van der Waals surface area contributed by atoms with E-state index < -0.39 is 32.7 Å². The van der Waals surface area contributed by atoms with Gasteiger partial charge in [-0.1, -0.05) is 17.7 Å². The fraction of sp³-hybridized carbons (Fsp3) is 0.231. The van der Waals surface area contributed by atoms with Crippen molar-refractivity contribution in [3.8, 4) is 0 Å². The predicted molar refractivity (Wildman–Crippen MR) is 71.8 cm³/mol. The summed E-state index contributed by atoms with van der Waals surface area (Å²) in [6.45, 7) is 1.80. The Bertz CT molecular complexity index is 708. The van der Waals surface area contributed by atoms with Gasteiger partial charge in [-0.15, -0.1) is 0 Å². The molecule has 7 heteroatoms. The number of amidine groups is 1. The van der Waals surface area contributed by atoms with Crippen LogP contribution in [-0.4, -0.2) is 37.4 Å². The van der Waals surface area contributed by atoms with E-state index in [9.17, 15) is 17.6 Å². The molecule has 0 saturated heterocycles. The quantitative estimate of drug-likeness (QED) is 0.897. The van der Waals surface area contributed by atoms with Gasteiger partial charge in [-0.2, -0.15) is 0 Å². The molecule has 1 N–H and O–H groups in total. The first kappa shape index (κ1) is 14.4. The van der Waals surface area contributed by atoms with E-state index in [0.717, 1.165) is 5.56 Å². The van der Waals surface area contributed by atoms with E-state index in [1.807, 2.05) is 0 Å². The summed E-state index contributed by atoms with van der Waals surface area (Å²) in [5.41, 5.74) is 0.875. The van der Waals surface area contributed by atoms with Crippen LogP contribution in [0.25, 0.3) is 0 Å². The summed E-state index contributed by atoms with van der Waals surface area (Å²) >= 11 is 0. The Morgan fingerprint density at radius 2 is 1.80 bits per heavy atom. The van der Waals surface area contributed by atoms with E-state index in [0.29, 0.717) is 11.0 Å². The van der Waals surface area contributed by atoms with Gasteiger partial charge in [-0.3, -0.25) is 15.1 Å². The number of amides is 1. The number of hydrogen-bond acceptors (Lipinski definition) is 4. The summed E-state index contributed by atoms with van der Waals surface area (Å²) in [6, 6.07) is 5.96. The highest BCUT2D eigenvalue weighted by atomic mass is 32.2. The minimum atomic E-state index is -4.02. The fourth-order valence-corrected chi connectivity index (χ4v) is 3.37. The number of carbonyl (C=O) groups is 1. The van der Waals surface area contributed by atoms with Gasteiger partial charge >= 0.3 is 0 Å². The highest BCUT2D eigenvalue weighted by Gasteiger charge is 2.40. The maximum absolute atomic E-state index is 13.5. The van der Waals surface area contributed by atoms with Crippen molar-refractivity contribution in [3.05, 3.63) is 41.7 Å². The average molecular weight is 296 g/mol. The van der Waals surface area contributed by atoms with Gasteiger partial charge in [-0.05, 0) is 25.1 Å². The lowest BCUT2D eigenvalue weighted by molar-refractivity contribution is -0.125. The van der Waals surface area contributed by atoms with Crippen molar-refractivity contribution < 1.29 is 17.6 Å². The third kappa shape index (κ3) is 2.24. The molecule has 1 unspecified atom stereocenters. The van der Waals surface area contributed by atoms with Gasteiger partial charge in [0.25, 0.3) is 5.91 Å². The van der Waals surface area contributed by atoms with Crippen molar-refractivity contribution in [1.29, 1.82) is 5.41 Å². The summed E-state index contributed by atoms with van der Waals surface area (Å²) in [6.07, 6.45) is 0.680. The van der Waals surface area contributed by atoms with Crippen LogP contribution in [0.4, 0.5) is 4.39 Å². The third-order valence-corrected chi connectivity index (χ3v) is 5.05. The number of likely N-dealkylation sites (N-methyl/N-ethyl adjacent to an activating group) is 1. The zero-order valence-corrected chi connectivity index (χ0v) is 11.7. The molecule has 0 radical (unpaired) electrons. The van der Waals surface area contributed by atoms with Gasteiger partial charge in [0.15, 0.2) is 26.7 Å². The van der Waals surface area contributed by atoms with Gasteiger partial charge in [-0.25, -0.2) is 12.8 Å². The van der Waals surface area contributed by atoms with Crippen LogP contribution in [0.15, 0.2) is 41.1 Å². The summed E-state index contributed by atoms with van der Waals surface area (Å²) in [7, 11) is -2.85. The van der Waals surface area contributed by atoms with E-state index >= 15 is 0 Å². The minimum Gasteiger partial charge on any atom is -0.297 e. The normalized spacial score (nSPS) is 20.1. The lowest BCUT2D eigenvalue weighted by Gasteiger charge is -2.26. The Balaban J connectivity index is 2.52. The van der Waals surface area contributed by atoms with Crippen LogP contribution >= 0.6 is 0 Å². The zero-order chi connectivity index (χ0) is 15.1. The molecule has 0 spiro atoms. The Morgan fingerprint density at radius 1 is 1.25 bits per heavy atom. The number of carbonyl (C=O) groups excluding carboxylic acids is 1. The van der Waals surface area contributed by atoms with Crippen molar-refractivity contribution >= 4 is 21.6 Å². The first-order valence-electron chi connectivity index (χ1n) is 5.79. The molecule has 1 aliphatic heterocycles. The van der Waals surface area contributed by atoms with Crippen LogP contribution in [-0.2, 0) is 14.6 Å². The van der Waals surface area contributed by atoms with Crippen LogP contribution in [0.3, 0.4) is 0 Å². The molecule has 1 amide bonds. The Labute approximate surface area is 116 Å². The topological polar surface area (TPSA) is 78.3 Å². The number of aryl methyl sites for hydroxylation is 1. The van der Waals surface area contributed by atoms with Crippen molar-refractivity contribution in [2.24, 2.45) is 0 Å². The number of rotatable bonds is 2. The largest absolute Gasteiger partial charge is 0.297 e. The van der Waals surface area contributed by atoms with Crippen LogP contribution < -0.4 is 0 Å². The molecule has 2 rings (SSSR count). The van der Waals surface area contributed by atoms with Crippen molar-refractivity contribution in [2.75, 3.05) is 7.05 Å². The fourth-order valence-electron chi connectivity index (χ4n) is 1.84. The Kier molecular flexibility index (Phi) is 3.47. The highest BCUT2D eigenvalue weighted by Crippen LogP contribution is 2.24. The van der Waals surface area contributed by atoms with Gasteiger partial charge in [0.1, 0.15) is 0 Å². The molecule has 1 atom stereocenters. The van der Waals surface area contributed by atoms with Crippen molar-refractivity contribution in [3.63, 3.8) is 0 Å². The van der Waals surface area contributed by atoms with Crippen LogP contribution in [0, 0.1) is 12.3 Å². The number of nitrogens with zero attached hydrogens (tertiary/aromatic N) is 1. The third-order valence-electron chi connectivity index (χ3n) is 3.12. The van der Waals surface area contributed by atoms with Crippen LogP contribution in [0.5, 0.6) is 0 Å². The van der Waals surface area contributed by atoms with Crippen molar-refractivity contribution in [1.82, 2.24) is 4.90 Å². The van der Waals surface area contributed by atoms with Gasteiger partial charge < -0.3 is 0 Å². The molecule has 1 aromatic carbocycles. The number of hydrogen-bond donors (Lipinski definition) is 1. The predicted octanol–water partition coefficient (Wildman–Crippen LogP) is 1.44. The highest BCUT2D eigenvalue weighted by molar-refractivity contribution is 7.93. The van der Waals surface area contributed by atoms with Crippen LogP contribution in [0.1, 0.15) is 5.56 Å². The molecule has 106 valence electrons. The van der Waals surface area contributed by atoms with E-state index in [1.165, 1.54) is 19.2 Å². The molecule has 1 heterocycles. The number of halogens is 1. The van der Waals surface area contributed by atoms with Gasteiger partial charge in [0.2, 0.25) is 0 Å². The molecule has 20 heavy (non-hydrogen) atoms. The molecule has 0 bridgehead atoms. The smallest absolute Gasteiger partial charge is 0.250 e. The summed E-state index contributed by atoms with van der Waals surface area (Å²) in [5.74, 6) is -2.49. The maximum Gasteiger partial charge on any atom is 0.250 e. The molecular formula is C13H13FN2O3S. The molecule has 1 aliphatic rings. The summed E-state index contributed by atoms with van der Waals surface area (Å²) in [4.78, 5) is 12.6. The molecule has 0 fully saturated rings. The van der Waals surface area contributed by atoms with E-state index in [-0.39, 0.29) is 4.90 Å². The lowest BCUT2D eigenvalue weighted by Crippen LogP contribution is -2.46. The SMILES string of the molecule is Cc1ccc(S(=O)(=O)C2C=C(F)C(=N)N(C)C2=O)cc1. The summed E-state index contributed by atoms with van der Waals surface area (Å²) in [5, 5.41) is 5.69. The minimum absolute atomic E-state index is 0.0488. The van der Waals surface area contributed by atoms with Gasteiger partial charge in [0, 0.05) is 7.05 Å². The second-order valence-electron chi connectivity index (χ2n) is 4.54. The lowest BCUT2D eigenvalue weighted by atomic mass is 10.2. The Hall–Kier alpha value is -2.02. The van der Waals surface area contributed by atoms with E-state index in [2.05, 4.69) is 0 Å². The van der Waals surface area contributed by atoms with Crippen LogP contribution in [0.2, 0.25) is 0 Å². The molecule has 1 aromatic rings. The Morgan fingerprint density at radius 3 is 2.35 bits per heavy atom.